The fourth-order valence-electron chi connectivity index (χ4n) is 3.62. The number of carbonyl (C=O) groups excluding carboxylic acids is 1. The number of hydrogen-bond acceptors (Lipinski definition) is 7. The van der Waals surface area contributed by atoms with E-state index in [2.05, 4.69) is 77.2 Å². The van der Waals surface area contributed by atoms with Crippen LogP contribution in [0.4, 0.5) is 16.6 Å². The molecule has 3 heterocycles. The lowest BCUT2D eigenvalue weighted by Crippen LogP contribution is -2.43. The Kier molecular flexibility index (Phi) is 8.81. The molecule has 2 aliphatic heterocycles. The molecule has 2 aliphatic rings. The molecule has 1 atom stereocenters. The number of anilines is 2. The second kappa shape index (κ2) is 11.8. The molecule has 0 spiro atoms. The Labute approximate surface area is 191 Å². The molecule has 0 saturated carbocycles. The molecular weight excluding hydrogens is 404 g/mol. The third-order valence-corrected chi connectivity index (χ3v) is 5.51. The fourth-order valence-corrected chi connectivity index (χ4v) is 3.62. The largest absolute Gasteiger partial charge is 0.447 e. The van der Waals surface area contributed by atoms with Crippen molar-refractivity contribution in [3.05, 3.63) is 47.7 Å². The minimum atomic E-state index is -0.362. The molecule has 174 valence electrons. The van der Waals surface area contributed by atoms with Crippen molar-refractivity contribution < 1.29 is 9.53 Å². The topological polar surface area (TPSA) is 73.8 Å². The van der Waals surface area contributed by atoms with Crippen LogP contribution in [0.25, 0.3) is 0 Å². The molecule has 0 radical (unpaired) electrons. The lowest BCUT2D eigenvalue weighted by Gasteiger charge is -2.32. The van der Waals surface area contributed by atoms with Crippen LogP contribution in [0.1, 0.15) is 44.4 Å². The molecule has 1 amide bonds. The normalized spacial score (nSPS) is 18.0. The summed E-state index contributed by atoms with van der Waals surface area (Å²) in [6.07, 6.45) is 2.54. The average molecular weight is 441 g/mol. The fraction of sp³-hybridized carbons (Fsp3) is 0.542. The number of likely N-dealkylation sites (N-methyl/N-ethyl adjacent to an activating group) is 1. The van der Waals surface area contributed by atoms with Gasteiger partial charge in [0.2, 0.25) is 5.95 Å². The van der Waals surface area contributed by atoms with E-state index in [1.54, 1.807) is 12.3 Å². The second-order valence-electron chi connectivity index (χ2n) is 8.40. The monoisotopic (exact) mass is 440 g/mol. The Balaban J connectivity index is 0.000000913. The second-order valence-corrected chi connectivity index (χ2v) is 8.40. The van der Waals surface area contributed by atoms with E-state index in [1.807, 2.05) is 0 Å². The third-order valence-electron chi connectivity index (χ3n) is 5.51. The van der Waals surface area contributed by atoms with Crippen molar-refractivity contribution in [2.24, 2.45) is 0 Å². The molecule has 32 heavy (non-hydrogen) atoms. The van der Waals surface area contributed by atoms with E-state index in [0.717, 1.165) is 32.7 Å². The van der Waals surface area contributed by atoms with Gasteiger partial charge in [0, 0.05) is 38.9 Å². The molecule has 8 heteroatoms. The summed E-state index contributed by atoms with van der Waals surface area (Å²) in [5.41, 5.74) is 2.50. The van der Waals surface area contributed by atoms with Gasteiger partial charge in [0.15, 0.2) is 0 Å². The average Bonchev–Trinajstić information content (AvgIpc) is 3.22. The summed E-state index contributed by atoms with van der Waals surface area (Å²) in [5.74, 6) is 1.05. The van der Waals surface area contributed by atoms with Crippen molar-refractivity contribution in [2.75, 3.05) is 56.6 Å². The summed E-state index contributed by atoms with van der Waals surface area (Å²) < 4.78 is 4.98. The van der Waals surface area contributed by atoms with Crippen molar-refractivity contribution in [1.82, 2.24) is 19.8 Å². The molecule has 4 rings (SSSR count). The summed E-state index contributed by atoms with van der Waals surface area (Å²) in [7, 11) is 2.18. The maximum absolute atomic E-state index is 11.7. The number of aromatic nitrogens is 2. The van der Waals surface area contributed by atoms with E-state index < -0.39 is 0 Å². The first-order valence-electron chi connectivity index (χ1n) is 11.5. The van der Waals surface area contributed by atoms with E-state index in [9.17, 15) is 4.79 Å². The number of carbonyl (C=O) groups is 1. The molecule has 2 saturated heterocycles. The number of amides is 1. The predicted molar refractivity (Wildman–Crippen MR) is 128 cm³/mol. The van der Waals surface area contributed by atoms with Crippen molar-refractivity contribution in [1.29, 1.82) is 0 Å². The van der Waals surface area contributed by atoms with E-state index >= 15 is 0 Å². The molecule has 0 aliphatic carbocycles. The van der Waals surface area contributed by atoms with Crippen LogP contribution in [0.5, 0.6) is 0 Å². The summed E-state index contributed by atoms with van der Waals surface area (Å²) >= 11 is 0. The van der Waals surface area contributed by atoms with Gasteiger partial charge >= 0.3 is 6.09 Å². The molecule has 8 nitrogen and oxygen atoms in total. The van der Waals surface area contributed by atoms with Gasteiger partial charge in [0.05, 0.1) is 12.6 Å². The lowest BCUT2D eigenvalue weighted by atomic mass is 10.1. The number of cyclic esters (lactones) is 1. The Morgan fingerprint density at radius 3 is 2.38 bits per heavy atom. The van der Waals surface area contributed by atoms with Gasteiger partial charge in [-0.3, -0.25) is 9.80 Å². The molecule has 2 fully saturated rings. The summed E-state index contributed by atoms with van der Waals surface area (Å²) in [6.45, 7) is 12.7. The highest BCUT2D eigenvalue weighted by atomic mass is 16.6. The minimum absolute atomic E-state index is 0.0495. The predicted octanol–water partition coefficient (Wildman–Crippen LogP) is 3.77. The number of hydrogen-bond donors (Lipinski definition) is 1. The highest BCUT2D eigenvalue weighted by molar-refractivity contribution is 5.88. The third kappa shape index (κ3) is 6.64. The zero-order valence-corrected chi connectivity index (χ0v) is 19.8. The molecular formula is C24H36N6O2. The first-order valence-corrected chi connectivity index (χ1v) is 11.5. The molecule has 2 aromatic rings. The van der Waals surface area contributed by atoms with Crippen LogP contribution in [0.3, 0.4) is 0 Å². The Bertz CT molecular complexity index is 852. The van der Waals surface area contributed by atoms with Gasteiger partial charge in [-0.25, -0.2) is 9.78 Å². The first-order chi connectivity index (χ1) is 15.5. The van der Waals surface area contributed by atoms with Gasteiger partial charge in [0.1, 0.15) is 12.4 Å². The summed E-state index contributed by atoms with van der Waals surface area (Å²) in [4.78, 5) is 26.9. The van der Waals surface area contributed by atoms with Crippen molar-refractivity contribution in [3.63, 3.8) is 0 Å². The van der Waals surface area contributed by atoms with E-state index in [4.69, 9.17) is 4.74 Å². The van der Waals surface area contributed by atoms with E-state index in [0.29, 0.717) is 24.9 Å². The van der Waals surface area contributed by atoms with Gasteiger partial charge in [-0.2, -0.15) is 4.98 Å². The van der Waals surface area contributed by atoms with Crippen molar-refractivity contribution in [3.8, 4) is 0 Å². The molecule has 1 aromatic heterocycles. The first kappa shape index (κ1) is 23.9. The van der Waals surface area contributed by atoms with Gasteiger partial charge in [-0.05, 0) is 31.2 Å². The zero-order chi connectivity index (χ0) is 22.9. The van der Waals surface area contributed by atoms with Crippen LogP contribution in [0, 0.1) is 0 Å². The number of ether oxygens (including phenoxy) is 1. The highest BCUT2D eigenvalue weighted by Gasteiger charge is 2.25. The van der Waals surface area contributed by atoms with Gasteiger partial charge in [0.25, 0.3) is 0 Å². The molecule has 1 aromatic carbocycles. The van der Waals surface area contributed by atoms with Crippen LogP contribution in [0.15, 0.2) is 36.5 Å². The number of piperazine rings is 1. The van der Waals surface area contributed by atoms with Crippen molar-refractivity contribution in [2.45, 2.75) is 39.8 Å². The van der Waals surface area contributed by atoms with Crippen molar-refractivity contribution >= 4 is 17.9 Å². The number of nitrogens with zero attached hydrogens (tertiary/aromatic N) is 5. The van der Waals surface area contributed by atoms with Crippen LogP contribution in [-0.2, 0) is 11.3 Å². The van der Waals surface area contributed by atoms with Gasteiger partial charge < -0.3 is 15.0 Å². The SMILES string of the molecule is CCC.C[C@H](Nc1nccc(N2CCOC2=O)n1)c1ccc(CN2CCN(C)CC2)cc1. The van der Waals surface area contributed by atoms with E-state index in [-0.39, 0.29) is 12.1 Å². The smallest absolute Gasteiger partial charge is 0.415 e. The van der Waals surface area contributed by atoms with E-state index in [1.165, 1.54) is 22.4 Å². The zero-order valence-electron chi connectivity index (χ0n) is 19.8. The summed E-state index contributed by atoms with van der Waals surface area (Å²) in [5, 5.41) is 3.33. The van der Waals surface area contributed by atoms with Crippen LogP contribution < -0.4 is 10.2 Å². The van der Waals surface area contributed by atoms with Gasteiger partial charge in [-0.15, -0.1) is 0 Å². The molecule has 1 N–H and O–H groups in total. The minimum Gasteiger partial charge on any atom is -0.447 e. The quantitative estimate of drug-likeness (QED) is 0.733. The number of benzene rings is 1. The Morgan fingerprint density at radius 1 is 1.06 bits per heavy atom. The lowest BCUT2D eigenvalue weighted by molar-refractivity contribution is 0.148. The number of rotatable bonds is 6. The molecule has 0 bridgehead atoms. The standard InChI is InChI=1S/C21H28N6O2.C3H8/c1-16(23-20-22-8-7-19(24-20)27-13-14-29-21(27)28)18-5-3-17(4-6-18)15-26-11-9-25(2)10-12-26;1-3-2/h3-8,16H,9-15H2,1-2H3,(H,22,23,24);3H2,1-2H3/t16-;/m0./s1. The maximum atomic E-state index is 11.7. The highest BCUT2D eigenvalue weighted by Crippen LogP contribution is 2.21. The van der Waals surface area contributed by atoms with Crippen LogP contribution in [0.2, 0.25) is 0 Å². The summed E-state index contributed by atoms with van der Waals surface area (Å²) in [6, 6.07) is 10.5. The Morgan fingerprint density at radius 2 is 1.75 bits per heavy atom. The Hall–Kier alpha value is -2.71. The maximum Gasteiger partial charge on any atom is 0.415 e. The van der Waals surface area contributed by atoms with Gasteiger partial charge in [-0.1, -0.05) is 44.5 Å². The van der Waals surface area contributed by atoms with Crippen LogP contribution >= 0.6 is 0 Å². The van der Waals surface area contributed by atoms with Crippen LogP contribution in [-0.4, -0.2) is 72.2 Å². The molecule has 0 unspecified atom stereocenters. The number of nitrogens with one attached hydrogen (secondary N) is 1.